The van der Waals surface area contributed by atoms with Gasteiger partial charge in [-0.3, -0.25) is 4.79 Å². The minimum atomic E-state index is 0.233. The van der Waals surface area contributed by atoms with E-state index in [0.717, 1.165) is 35.7 Å². The highest BCUT2D eigenvalue weighted by Crippen LogP contribution is 2.32. The van der Waals surface area contributed by atoms with Crippen molar-refractivity contribution in [3.63, 3.8) is 0 Å². The molecule has 18 heavy (non-hydrogen) atoms. The first-order chi connectivity index (χ1) is 8.66. The fourth-order valence-electron chi connectivity index (χ4n) is 3.07. The number of hydrogen-bond acceptors (Lipinski definition) is 2. The molecule has 1 amide bonds. The van der Waals surface area contributed by atoms with Gasteiger partial charge in [-0.1, -0.05) is 17.7 Å². The fourth-order valence-corrected chi connectivity index (χ4v) is 3.25. The zero-order valence-electron chi connectivity index (χ0n) is 10.4. The predicted octanol–water partition coefficient (Wildman–Crippen LogP) is 2.82. The van der Waals surface area contributed by atoms with Crippen molar-refractivity contribution in [3.05, 3.63) is 28.8 Å². The van der Waals surface area contributed by atoms with Crippen molar-refractivity contribution in [1.82, 2.24) is 4.90 Å². The van der Waals surface area contributed by atoms with Gasteiger partial charge < -0.3 is 10.2 Å². The van der Waals surface area contributed by atoms with Gasteiger partial charge in [-0.25, -0.2) is 0 Å². The Morgan fingerprint density at radius 1 is 1.44 bits per heavy atom. The average molecular weight is 265 g/mol. The van der Waals surface area contributed by atoms with Crippen LogP contribution in [0.4, 0.5) is 5.69 Å². The third-order valence-electron chi connectivity index (χ3n) is 4.09. The number of nitrogens with zero attached hydrogens (tertiary/aromatic N) is 1. The van der Waals surface area contributed by atoms with E-state index in [2.05, 4.69) is 5.32 Å². The van der Waals surface area contributed by atoms with Crippen LogP contribution in [0, 0.1) is 6.92 Å². The molecule has 0 aromatic heterocycles. The summed E-state index contributed by atoms with van der Waals surface area (Å²) in [7, 11) is 0. The number of carbonyl (C=O) groups excluding carboxylic acids is 1. The molecule has 0 spiro atoms. The van der Waals surface area contributed by atoms with Gasteiger partial charge in [0.05, 0.1) is 12.1 Å². The van der Waals surface area contributed by atoms with E-state index in [1.807, 2.05) is 30.0 Å². The smallest absolute Gasteiger partial charge is 0.225 e. The lowest BCUT2D eigenvalue weighted by atomic mass is 10.1. The van der Waals surface area contributed by atoms with Crippen LogP contribution in [0.5, 0.6) is 0 Å². The van der Waals surface area contributed by atoms with Gasteiger partial charge in [-0.2, -0.15) is 0 Å². The number of nitrogens with one attached hydrogen (secondary N) is 1. The minimum absolute atomic E-state index is 0.233. The second-order valence-electron chi connectivity index (χ2n) is 5.16. The van der Waals surface area contributed by atoms with Crippen LogP contribution in [-0.2, 0) is 4.79 Å². The normalized spacial score (nSPS) is 26.6. The number of hydrogen-bond donors (Lipinski definition) is 1. The molecule has 1 aromatic carbocycles. The summed E-state index contributed by atoms with van der Waals surface area (Å²) in [5.74, 6) is 0.287. The lowest BCUT2D eigenvalue weighted by molar-refractivity contribution is -0.127. The lowest BCUT2D eigenvalue weighted by Crippen LogP contribution is -2.34. The molecule has 2 fully saturated rings. The third kappa shape index (κ3) is 1.87. The van der Waals surface area contributed by atoms with E-state index in [9.17, 15) is 4.79 Å². The molecule has 0 saturated carbocycles. The first-order valence-corrected chi connectivity index (χ1v) is 6.86. The van der Waals surface area contributed by atoms with Gasteiger partial charge in [0.25, 0.3) is 0 Å². The molecule has 4 heteroatoms. The van der Waals surface area contributed by atoms with Crippen LogP contribution < -0.4 is 5.32 Å². The Morgan fingerprint density at radius 3 is 3.11 bits per heavy atom. The van der Waals surface area contributed by atoms with E-state index in [1.54, 1.807) is 0 Å². The maximum absolute atomic E-state index is 11.9. The van der Waals surface area contributed by atoms with Crippen molar-refractivity contribution < 1.29 is 4.79 Å². The molecular weight excluding hydrogens is 248 g/mol. The van der Waals surface area contributed by atoms with E-state index in [-0.39, 0.29) is 11.9 Å². The van der Waals surface area contributed by atoms with Crippen LogP contribution in [0.15, 0.2) is 18.2 Å². The van der Waals surface area contributed by atoms with Gasteiger partial charge in [0.2, 0.25) is 5.91 Å². The Hall–Kier alpha value is -1.22. The van der Waals surface area contributed by atoms with Crippen molar-refractivity contribution in [2.24, 2.45) is 0 Å². The van der Waals surface area contributed by atoms with Crippen molar-refractivity contribution in [2.45, 2.75) is 38.3 Å². The number of amides is 1. The van der Waals surface area contributed by atoms with Crippen molar-refractivity contribution in [1.29, 1.82) is 0 Å². The molecule has 96 valence electrons. The largest absolute Gasteiger partial charge is 0.379 e. The van der Waals surface area contributed by atoms with Crippen molar-refractivity contribution in [2.75, 3.05) is 11.9 Å². The molecule has 2 saturated heterocycles. The highest BCUT2D eigenvalue weighted by Gasteiger charge is 2.42. The van der Waals surface area contributed by atoms with Crippen LogP contribution in [0.25, 0.3) is 0 Å². The highest BCUT2D eigenvalue weighted by atomic mass is 35.5. The molecule has 2 unspecified atom stereocenters. The average Bonchev–Trinajstić information content (AvgIpc) is 2.91. The molecule has 0 radical (unpaired) electrons. The standard InChI is InChI=1S/C14H17ClN2O/c1-9-10(15)4-2-5-11(9)16-12-8-14(18)17-7-3-6-13(12)17/h2,4-5,12-13,16H,3,6-8H2,1H3. The van der Waals surface area contributed by atoms with E-state index < -0.39 is 0 Å². The van der Waals surface area contributed by atoms with E-state index in [1.165, 1.54) is 0 Å². The lowest BCUT2D eigenvalue weighted by Gasteiger charge is -2.23. The zero-order chi connectivity index (χ0) is 12.7. The molecule has 2 atom stereocenters. The van der Waals surface area contributed by atoms with Gasteiger partial charge in [0, 0.05) is 23.7 Å². The summed E-state index contributed by atoms with van der Waals surface area (Å²) in [5.41, 5.74) is 2.11. The third-order valence-corrected chi connectivity index (χ3v) is 4.50. The number of fused-ring (bicyclic) bond motifs is 1. The molecule has 3 nitrogen and oxygen atoms in total. The zero-order valence-corrected chi connectivity index (χ0v) is 11.2. The van der Waals surface area contributed by atoms with Crippen LogP contribution in [-0.4, -0.2) is 29.4 Å². The number of benzene rings is 1. The SMILES string of the molecule is Cc1c(Cl)cccc1NC1CC(=O)N2CCCC12. The van der Waals surface area contributed by atoms with Crippen molar-refractivity contribution in [3.8, 4) is 0 Å². The minimum Gasteiger partial charge on any atom is -0.379 e. The van der Waals surface area contributed by atoms with Gasteiger partial charge >= 0.3 is 0 Å². The molecule has 3 rings (SSSR count). The summed E-state index contributed by atoms with van der Waals surface area (Å²) in [5, 5.41) is 4.28. The number of rotatable bonds is 2. The first kappa shape index (κ1) is 11.8. The molecule has 2 heterocycles. The molecule has 2 aliphatic rings. The van der Waals surface area contributed by atoms with Crippen LogP contribution in [0.1, 0.15) is 24.8 Å². The fraction of sp³-hybridized carbons (Fsp3) is 0.500. The van der Waals surface area contributed by atoms with Gasteiger partial charge in [-0.15, -0.1) is 0 Å². The molecule has 0 aliphatic carbocycles. The highest BCUT2D eigenvalue weighted by molar-refractivity contribution is 6.31. The Morgan fingerprint density at radius 2 is 2.28 bits per heavy atom. The monoisotopic (exact) mass is 264 g/mol. The van der Waals surface area contributed by atoms with Crippen LogP contribution in [0.3, 0.4) is 0 Å². The Bertz CT molecular complexity index is 489. The van der Waals surface area contributed by atoms with Crippen molar-refractivity contribution >= 4 is 23.2 Å². The summed E-state index contributed by atoms with van der Waals surface area (Å²) in [6, 6.07) is 6.47. The molecular formula is C14H17ClN2O. The first-order valence-electron chi connectivity index (χ1n) is 6.48. The Kier molecular flexibility index (Phi) is 2.94. The number of carbonyl (C=O) groups is 1. The second kappa shape index (κ2) is 4.47. The van der Waals surface area contributed by atoms with Gasteiger partial charge in [0.15, 0.2) is 0 Å². The summed E-state index contributed by atoms with van der Waals surface area (Å²) in [6.07, 6.45) is 2.85. The maximum atomic E-state index is 11.9. The van der Waals surface area contributed by atoms with E-state index in [4.69, 9.17) is 11.6 Å². The predicted molar refractivity (Wildman–Crippen MR) is 73.0 cm³/mol. The molecule has 1 N–H and O–H groups in total. The van der Waals surface area contributed by atoms with E-state index in [0.29, 0.717) is 12.5 Å². The Balaban J connectivity index is 1.81. The summed E-state index contributed by atoms with van der Waals surface area (Å²) < 4.78 is 0. The van der Waals surface area contributed by atoms with Crippen LogP contribution >= 0.6 is 11.6 Å². The van der Waals surface area contributed by atoms with Crippen LogP contribution in [0.2, 0.25) is 5.02 Å². The topological polar surface area (TPSA) is 32.3 Å². The van der Waals surface area contributed by atoms with E-state index >= 15 is 0 Å². The second-order valence-corrected chi connectivity index (χ2v) is 5.57. The quantitative estimate of drug-likeness (QED) is 0.891. The summed E-state index contributed by atoms with van der Waals surface area (Å²) >= 11 is 6.12. The molecule has 0 bridgehead atoms. The van der Waals surface area contributed by atoms with Gasteiger partial charge in [0.1, 0.15) is 0 Å². The summed E-state index contributed by atoms with van der Waals surface area (Å²) in [4.78, 5) is 13.9. The maximum Gasteiger partial charge on any atom is 0.225 e. The van der Waals surface area contributed by atoms with Gasteiger partial charge in [-0.05, 0) is 37.5 Å². The Labute approximate surface area is 112 Å². The summed E-state index contributed by atoms with van der Waals surface area (Å²) in [6.45, 7) is 2.93. The number of anilines is 1. The molecule has 1 aromatic rings. The number of halogens is 1. The molecule has 2 aliphatic heterocycles.